The molecule has 0 saturated carbocycles. The molecule has 0 fully saturated rings. The molecule has 0 radical (unpaired) electrons. The van der Waals surface area contributed by atoms with Gasteiger partial charge < -0.3 is 14.1 Å². The summed E-state index contributed by atoms with van der Waals surface area (Å²) < 4.78 is 40.1. The fourth-order valence-electron chi connectivity index (χ4n) is 0. The minimum Gasteiger partial charge on any atom is -0.672 e. The van der Waals surface area contributed by atoms with Crippen LogP contribution >= 0.6 is 0 Å². The fraction of sp³-hybridized carbons (Fsp3) is 0. The summed E-state index contributed by atoms with van der Waals surface area (Å²) in [6, 6.07) is 0. The third-order valence-electron chi connectivity index (χ3n) is 0. The molecule has 0 unspecified atom stereocenters. The van der Waals surface area contributed by atoms with E-state index in [2.05, 4.69) is 0 Å². The van der Waals surface area contributed by atoms with Gasteiger partial charge in [0.1, 0.15) is 0 Å². The maximum absolute atomic E-state index is 8.74. The van der Waals surface area contributed by atoms with E-state index in [-0.39, 0.29) is 23.1 Å². The van der Waals surface area contributed by atoms with Gasteiger partial charge in [0, 0.05) is 9.17 Å². The molecule has 0 aromatic carbocycles. The molecule has 0 heterocycles. The standard InChI is InChI=1S/Mg.H2O4S.O3Si/c;1-5(2,3)4;1-4(2)3/h;(H2,1,2,3,4);/q+2;;-2. The van der Waals surface area contributed by atoms with Gasteiger partial charge in [0.2, 0.25) is 0 Å². The average molecular weight is 198 g/mol. The smallest absolute Gasteiger partial charge is 0.672 e. The van der Waals surface area contributed by atoms with E-state index in [4.69, 9.17) is 31.6 Å². The predicted molar refractivity (Wildman–Crippen MR) is 26.4 cm³/mol. The summed E-state index contributed by atoms with van der Waals surface area (Å²) in [5.41, 5.74) is 0. The third kappa shape index (κ3) is 6780. The quantitative estimate of drug-likeness (QED) is 0.299. The first-order chi connectivity index (χ1) is 3.73. The van der Waals surface area contributed by atoms with Crippen molar-refractivity contribution in [2.45, 2.75) is 0 Å². The molecule has 10 heavy (non-hydrogen) atoms. The molecular formula is H2MgO7SSi. The second kappa shape index (κ2) is 7.36. The molecule has 0 aliphatic carbocycles. The van der Waals surface area contributed by atoms with Gasteiger partial charge in [-0.2, -0.15) is 8.42 Å². The van der Waals surface area contributed by atoms with Crippen LogP contribution in [0, 0.1) is 0 Å². The second-order valence-corrected chi connectivity index (χ2v) is 2.09. The molecule has 0 atom stereocenters. The van der Waals surface area contributed by atoms with E-state index in [0.29, 0.717) is 0 Å². The molecule has 0 spiro atoms. The van der Waals surface area contributed by atoms with Gasteiger partial charge in [-0.1, -0.05) is 0 Å². The van der Waals surface area contributed by atoms with Crippen molar-refractivity contribution < 1.29 is 31.6 Å². The van der Waals surface area contributed by atoms with Gasteiger partial charge in [-0.15, -0.1) is 0 Å². The van der Waals surface area contributed by atoms with Gasteiger partial charge in [-0.05, 0) is 0 Å². The first-order valence-electron chi connectivity index (χ1n) is 1.31. The van der Waals surface area contributed by atoms with E-state index < -0.39 is 19.6 Å². The molecule has 7 nitrogen and oxygen atoms in total. The van der Waals surface area contributed by atoms with Crippen LogP contribution in [0.15, 0.2) is 0 Å². The molecule has 0 aliphatic rings. The van der Waals surface area contributed by atoms with Gasteiger partial charge in [-0.3, -0.25) is 9.11 Å². The Labute approximate surface area is 74.3 Å². The summed E-state index contributed by atoms with van der Waals surface area (Å²) in [4.78, 5) is 17.0. The van der Waals surface area contributed by atoms with Gasteiger partial charge in [0.25, 0.3) is 0 Å². The van der Waals surface area contributed by atoms with Crippen molar-refractivity contribution in [1.29, 1.82) is 0 Å². The minimum atomic E-state index is -4.67. The maximum atomic E-state index is 8.74. The molecule has 0 bridgehead atoms. The number of hydrogen-bond donors (Lipinski definition) is 2. The summed E-state index contributed by atoms with van der Waals surface area (Å²) in [6.45, 7) is 0. The molecule has 0 rings (SSSR count). The Morgan fingerprint density at radius 1 is 1.20 bits per heavy atom. The SMILES string of the molecule is O=S(=O)(O)O.O=[Si]([O-])[O-].[Mg+2]. The zero-order valence-corrected chi connectivity index (χ0v) is 7.78. The van der Waals surface area contributed by atoms with E-state index in [1.165, 1.54) is 0 Å². The first-order valence-corrected chi connectivity index (χ1v) is 3.93. The van der Waals surface area contributed by atoms with Crippen LogP contribution < -0.4 is 9.59 Å². The Morgan fingerprint density at radius 2 is 1.20 bits per heavy atom. The monoisotopic (exact) mass is 198 g/mol. The van der Waals surface area contributed by atoms with Crippen LogP contribution in [0.25, 0.3) is 0 Å². The van der Waals surface area contributed by atoms with Gasteiger partial charge in [-0.25, -0.2) is 0 Å². The normalized spacial score (nSPS) is 8.20. The third-order valence-corrected chi connectivity index (χ3v) is 0. The zero-order valence-electron chi connectivity index (χ0n) is 4.55. The van der Waals surface area contributed by atoms with E-state index in [1.807, 2.05) is 0 Å². The summed E-state index contributed by atoms with van der Waals surface area (Å²) in [7, 11) is -8.30. The Bertz CT molecular complexity index is 156. The van der Waals surface area contributed by atoms with Crippen LogP contribution in [0.1, 0.15) is 0 Å². The van der Waals surface area contributed by atoms with Crippen LogP contribution in [0.3, 0.4) is 0 Å². The number of hydrogen-bond acceptors (Lipinski definition) is 5. The van der Waals surface area contributed by atoms with Crippen molar-refractivity contribution in [2.75, 3.05) is 0 Å². The molecule has 0 amide bonds. The van der Waals surface area contributed by atoms with Crippen molar-refractivity contribution >= 4 is 42.6 Å². The molecule has 56 valence electrons. The van der Waals surface area contributed by atoms with Gasteiger partial charge in [0.15, 0.2) is 0 Å². The van der Waals surface area contributed by atoms with Crippen LogP contribution in [0.5, 0.6) is 0 Å². The van der Waals surface area contributed by atoms with Crippen LogP contribution in [-0.2, 0) is 14.9 Å². The molecule has 2 N–H and O–H groups in total. The molecule has 0 saturated heterocycles. The average Bonchev–Trinajstić information content (AvgIpc) is 1.19. The summed E-state index contributed by atoms with van der Waals surface area (Å²) in [5, 5.41) is 0. The van der Waals surface area contributed by atoms with Crippen molar-refractivity contribution in [1.82, 2.24) is 0 Å². The van der Waals surface area contributed by atoms with Crippen LogP contribution in [0.2, 0.25) is 0 Å². The van der Waals surface area contributed by atoms with Gasteiger partial charge >= 0.3 is 33.5 Å². The van der Waals surface area contributed by atoms with E-state index in [0.717, 1.165) is 0 Å². The maximum Gasteiger partial charge on any atom is 2.00 e. The van der Waals surface area contributed by atoms with Gasteiger partial charge in [0.05, 0.1) is 0 Å². The fourth-order valence-corrected chi connectivity index (χ4v) is 0. The van der Waals surface area contributed by atoms with Crippen LogP contribution in [0.4, 0.5) is 0 Å². The van der Waals surface area contributed by atoms with E-state index in [9.17, 15) is 0 Å². The van der Waals surface area contributed by atoms with Crippen molar-refractivity contribution in [3.8, 4) is 0 Å². The minimum absolute atomic E-state index is 0. The predicted octanol–water partition coefficient (Wildman–Crippen LogP) is -3.91. The van der Waals surface area contributed by atoms with Crippen LogP contribution in [-0.4, -0.2) is 49.7 Å². The molecule has 0 aromatic heterocycles. The van der Waals surface area contributed by atoms with Crippen molar-refractivity contribution in [3.05, 3.63) is 0 Å². The molecule has 0 aliphatic heterocycles. The number of rotatable bonds is 0. The Hall–Kier alpha value is 0.253. The van der Waals surface area contributed by atoms with E-state index in [1.54, 1.807) is 0 Å². The first kappa shape index (κ1) is 16.7. The topological polar surface area (TPSA) is 138 Å². The molecular weight excluding hydrogens is 196 g/mol. The summed E-state index contributed by atoms with van der Waals surface area (Å²) >= 11 is 0. The largest absolute Gasteiger partial charge is 2.00 e. The Balaban J connectivity index is -0.0000000910. The summed E-state index contributed by atoms with van der Waals surface area (Å²) in [6.07, 6.45) is 0. The van der Waals surface area contributed by atoms with E-state index >= 15 is 0 Å². The molecule has 10 heteroatoms. The Kier molecular flexibility index (Phi) is 12.3. The zero-order chi connectivity index (χ0) is 8.08. The summed E-state index contributed by atoms with van der Waals surface area (Å²) in [5.74, 6) is 0. The molecule has 0 aromatic rings. The van der Waals surface area contributed by atoms with Crippen molar-refractivity contribution in [2.24, 2.45) is 0 Å². The Morgan fingerprint density at radius 3 is 1.20 bits per heavy atom. The van der Waals surface area contributed by atoms with Crippen molar-refractivity contribution in [3.63, 3.8) is 0 Å². The second-order valence-electron chi connectivity index (χ2n) is 0.698.